The quantitative estimate of drug-likeness (QED) is 0.214. The van der Waals surface area contributed by atoms with Crippen molar-refractivity contribution in [1.82, 2.24) is 0 Å². The van der Waals surface area contributed by atoms with Crippen LogP contribution in [0.3, 0.4) is 0 Å². The summed E-state index contributed by atoms with van der Waals surface area (Å²) in [6.45, 7) is 3.13. The third-order valence-corrected chi connectivity index (χ3v) is 4.56. The number of hydrogen-bond donors (Lipinski definition) is 4. The maximum Gasteiger partial charge on any atom is 0.129 e. The highest BCUT2D eigenvalue weighted by Crippen LogP contribution is 2.14. The Labute approximate surface area is 165 Å². The summed E-state index contributed by atoms with van der Waals surface area (Å²) in [7, 11) is 0. The van der Waals surface area contributed by atoms with Crippen molar-refractivity contribution in [2.24, 2.45) is 0 Å². The third kappa shape index (κ3) is 14.0. The number of allylic oxidation sites excluding steroid dienone is 2. The van der Waals surface area contributed by atoms with E-state index in [-0.39, 0.29) is 13.2 Å². The van der Waals surface area contributed by atoms with E-state index in [1.165, 1.54) is 25.7 Å². The van der Waals surface area contributed by atoms with Crippen LogP contribution in [0, 0.1) is 0 Å². The van der Waals surface area contributed by atoms with E-state index in [9.17, 15) is 20.4 Å². The van der Waals surface area contributed by atoms with Crippen molar-refractivity contribution in [2.45, 2.75) is 89.3 Å². The van der Waals surface area contributed by atoms with Gasteiger partial charge in [0, 0.05) is 0 Å². The molecule has 0 bridgehead atoms. The van der Waals surface area contributed by atoms with Crippen LogP contribution in [0.4, 0.5) is 0 Å². The molecular formula is C22H42O5. The first-order chi connectivity index (χ1) is 12.9. The van der Waals surface area contributed by atoms with Crippen molar-refractivity contribution in [2.75, 3.05) is 26.4 Å². The molecule has 0 saturated heterocycles. The van der Waals surface area contributed by atoms with Gasteiger partial charge in [0.1, 0.15) is 11.2 Å². The van der Waals surface area contributed by atoms with Crippen LogP contribution in [-0.2, 0) is 4.74 Å². The zero-order chi connectivity index (χ0) is 20.4. The number of ether oxygens (including phenoxy) is 1. The van der Waals surface area contributed by atoms with E-state index in [0.717, 1.165) is 38.5 Å². The van der Waals surface area contributed by atoms with Gasteiger partial charge in [0.2, 0.25) is 0 Å². The van der Waals surface area contributed by atoms with Gasteiger partial charge >= 0.3 is 0 Å². The third-order valence-electron chi connectivity index (χ3n) is 4.56. The van der Waals surface area contributed by atoms with E-state index in [4.69, 9.17) is 4.74 Å². The topological polar surface area (TPSA) is 90.2 Å². The SMILES string of the molecule is CCCCCCC=CC(O)(CO)COCC(O)(C=CCCCCCC)CO. The van der Waals surface area contributed by atoms with Crippen LogP contribution in [0.25, 0.3) is 0 Å². The predicted octanol–water partition coefficient (Wildman–Crippen LogP) is 3.50. The molecule has 0 aromatic rings. The first-order valence-corrected chi connectivity index (χ1v) is 10.5. The highest BCUT2D eigenvalue weighted by molar-refractivity contribution is 5.03. The largest absolute Gasteiger partial charge is 0.393 e. The van der Waals surface area contributed by atoms with E-state index in [0.29, 0.717) is 0 Å². The van der Waals surface area contributed by atoms with Crippen LogP contribution in [0.1, 0.15) is 78.1 Å². The van der Waals surface area contributed by atoms with Gasteiger partial charge in [0.05, 0.1) is 26.4 Å². The van der Waals surface area contributed by atoms with Gasteiger partial charge in [-0.3, -0.25) is 0 Å². The molecule has 0 aromatic carbocycles. The molecule has 0 heterocycles. The fourth-order valence-corrected chi connectivity index (χ4v) is 2.68. The van der Waals surface area contributed by atoms with Crippen LogP contribution in [0.5, 0.6) is 0 Å². The lowest BCUT2D eigenvalue weighted by atomic mass is 10.0. The number of aliphatic hydroxyl groups excluding tert-OH is 2. The van der Waals surface area contributed by atoms with Crippen LogP contribution in [-0.4, -0.2) is 58.1 Å². The zero-order valence-corrected chi connectivity index (χ0v) is 17.4. The Kier molecular flexibility index (Phi) is 15.8. The second-order valence-corrected chi connectivity index (χ2v) is 7.52. The summed E-state index contributed by atoms with van der Waals surface area (Å²) in [5, 5.41) is 39.6. The van der Waals surface area contributed by atoms with Crippen molar-refractivity contribution < 1.29 is 25.2 Å². The van der Waals surface area contributed by atoms with Gasteiger partial charge in [0.15, 0.2) is 0 Å². The van der Waals surface area contributed by atoms with Crippen LogP contribution in [0.15, 0.2) is 24.3 Å². The van der Waals surface area contributed by atoms with Crippen LogP contribution in [0.2, 0.25) is 0 Å². The minimum Gasteiger partial charge on any atom is -0.393 e. The maximum atomic E-state index is 10.4. The molecule has 0 saturated carbocycles. The normalized spacial score (nSPS) is 16.8. The second-order valence-electron chi connectivity index (χ2n) is 7.52. The molecule has 0 spiro atoms. The Morgan fingerprint density at radius 1 is 0.667 bits per heavy atom. The standard InChI is InChI=1S/C22H42O5/c1-3-5-7-9-11-13-15-21(25,17-23)19-27-20-22(26,18-24)16-14-12-10-8-6-4-2/h13-16,23-26H,3-12,17-20H2,1-2H3. The smallest absolute Gasteiger partial charge is 0.129 e. The number of unbranched alkanes of at least 4 members (excludes halogenated alkanes) is 8. The Morgan fingerprint density at radius 3 is 1.41 bits per heavy atom. The van der Waals surface area contributed by atoms with Gasteiger partial charge in [0.25, 0.3) is 0 Å². The molecule has 0 aliphatic heterocycles. The van der Waals surface area contributed by atoms with Gasteiger partial charge < -0.3 is 25.2 Å². The van der Waals surface area contributed by atoms with Crippen LogP contribution >= 0.6 is 0 Å². The molecule has 5 heteroatoms. The molecule has 160 valence electrons. The van der Waals surface area contributed by atoms with Gasteiger partial charge in [-0.1, -0.05) is 76.7 Å². The number of rotatable bonds is 18. The number of hydrogen-bond acceptors (Lipinski definition) is 5. The lowest BCUT2D eigenvalue weighted by Crippen LogP contribution is -2.41. The first-order valence-electron chi connectivity index (χ1n) is 10.5. The summed E-state index contributed by atoms with van der Waals surface area (Å²) in [5.74, 6) is 0. The van der Waals surface area contributed by atoms with Crippen molar-refractivity contribution in [1.29, 1.82) is 0 Å². The van der Waals surface area contributed by atoms with Crippen LogP contribution < -0.4 is 0 Å². The average molecular weight is 387 g/mol. The molecule has 0 aliphatic carbocycles. The summed E-state index contributed by atoms with van der Waals surface area (Å²) < 4.78 is 5.41. The summed E-state index contributed by atoms with van der Waals surface area (Å²) >= 11 is 0. The minimum atomic E-state index is -1.47. The Bertz CT molecular complexity index is 360. The summed E-state index contributed by atoms with van der Waals surface area (Å²) in [4.78, 5) is 0. The molecular weight excluding hydrogens is 344 g/mol. The molecule has 0 fully saturated rings. The second kappa shape index (κ2) is 16.3. The maximum absolute atomic E-state index is 10.4. The molecule has 5 nitrogen and oxygen atoms in total. The van der Waals surface area contributed by atoms with E-state index in [1.54, 1.807) is 12.2 Å². The number of aliphatic hydroxyl groups is 4. The molecule has 0 radical (unpaired) electrons. The summed E-state index contributed by atoms with van der Waals surface area (Å²) in [6.07, 6.45) is 17.8. The molecule has 4 N–H and O–H groups in total. The first kappa shape index (κ1) is 26.3. The Balaban J connectivity index is 4.29. The zero-order valence-electron chi connectivity index (χ0n) is 17.4. The van der Waals surface area contributed by atoms with Crippen molar-refractivity contribution in [3.05, 3.63) is 24.3 Å². The molecule has 2 atom stereocenters. The molecule has 2 unspecified atom stereocenters. The van der Waals surface area contributed by atoms with Crippen molar-refractivity contribution >= 4 is 0 Å². The average Bonchev–Trinajstić information content (AvgIpc) is 2.67. The van der Waals surface area contributed by atoms with Gasteiger partial charge in [-0.25, -0.2) is 0 Å². The Morgan fingerprint density at radius 2 is 1.07 bits per heavy atom. The molecule has 27 heavy (non-hydrogen) atoms. The summed E-state index contributed by atoms with van der Waals surface area (Å²) in [5.41, 5.74) is -2.93. The Hall–Kier alpha value is -0.720. The lowest BCUT2D eigenvalue weighted by Gasteiger charge is -2.26. The fraction of sp³-hybridized carbons (Fsp3) is 0.818. The lowest BCUT2D eigenvalue weighted by molar-refractivity contribution is -0.0916. The van der Waals surface area contributed by atoms with E-state index in [2.05, 4.69) is 13.8 Å². The van der Waals surface area contributed by atoms with Gasteiger partial charge in [-0.15, -0.1) is 0 Å². The van der Waals surface area contributed by atoms with E-state index < -0.39 is 24.4 Å². The fourth-order valence-electron chi connectivity index (χ4n) is 2.68. The molecule has 0 rings (SSSR count). The minimum absolute atomic E-state index is 0.137. The van der Waals surface area contributed by atoms with Crippen molar-refractivity contribution in [3.63, 3.8) is 0 Å². The predicted molar refractivity (Wildman–Crippen MR) is 111 cm³/mol. The molecule has 0 aliphatic rings. The van der Waals surface area contributed by atoms with E-state index in [1.807, 2.05) is 12.2 Å². The van der Waals surface area contributed by atoms with Gasteiger partial charge in [-0.05, 0) is 25.7 Å². The molecule has 0 aromatic heterocycles. The highest BCUT2D eigenvalue weighted by atomic mass is 16.5. The van der Waals surface area contributed by atoms with E-state index >= 15 is 0 Å². The molecule has 0 amide bonds. The highest BCUT2D eigenvalue weighted by Gasteiger charge is 2.27. The van der Waals surface area contributed by atoms with Crippen molar-refractivity contribution in [3.8, 4) is 0 Å². The van der Waals surface area contributed by atoms with Gasteiger partial charge in [-0.2, -0.15) is 0 Å². The summed E-state index contributed by atoms with van der Waals surface area (Å²) in [6, 6.07) is 0. The monoisotopic (exact) mass is 386 g/mol.